The molecule has 1 aromatic heterocycles. The van der Waals surface area contributed by atoms with Crippen LogP contribution >= 0.6 is 0 Å². The number of para-hydroxylation sites is 1. The molecule has 4 rings (SSSR count). The van der Waals surface area contributed by atoms with E-state index in [9.17, 15) is 26.4 Å². The maximum atomic E-state index is 13.4. The molecular formula is C24H24F3N3O4S. The number of hydrogen-bond acceptors (Lipinski definition) is 5. The molecule has 2 heterocycles. The molecule has 0 fully saturated rings. The van der Waals surface area contributed by atoms with Gasteiger partial charge in [0, 0.05) is 18.3 Å². The van der Waals surface area contributed by atoms with E-state index >= 15 is 0 Å². The van der Waals surface area contributed by atoms with Crippen LogP contribution in [-0.4, -0.2) is 46.5 Å². The maximum Gasteiger partial charge on any atom is 0.425 e. The van der Waals surface area contributed by atoms with Crippen LogP contribution in [0.3, 0.4) is 0 Å². The molecule has 7 nitrogen and oxygen atoms in total. The first-order valence-electron chi connectivity index (χ1n) is 10.9. The number of carbonyl (C=O) groups excluding carboxylic acids is 1. The van der Waals surface area contributed by atoms with Crippen molar-refractivity contribution in [3.8, 4) is 11.4 Å². The Balaban J connectivity index is 1.65. The number of nitrogens with zero attached hydrogens (tertiary/aromatic N) is 3. The molecule has 1 aliphatic rings. The van der Waals surface area contributed by atoms with Gasteiger partial charge in [-0.25, -0.2) is 13.1 Å². The van der Waals surface area contributed by atoms with Crippen LogP contribution in [0.5, 0.6) is 5.75 Å². The van der Waals surface area contributed by atoms with Crippen LogP contribution in [0.2, 0.25) is 0 Å². The molecule has 0 unspecified atom stereocenters. The van der Waals surface area contributed by atoms with Gasteiger partial charge in [0.05, 0.1) is 33.6 Å². The van der Waals surface area contributed by atoms with Crippen molar-refractivity contribution in [1.29, 1.82) is 0 Å². The molecule has 0 aliphatic carbocycles. The van der Waals surface area contributed by atoms with Crippen molar-refractivity contribution < 1.29 is 31.1 Å². The first-order chi connectivity index (χ1) is 16.4. The van der Waals surface area contributed by atoms with Gasteiger partial charge in [0.25, 0.3) is 5.91 Å². The van der Waals surface area contributed by atoms with Crippen LogP contribution in [0, 0.1) is 0 Å². The molecule has 35 heavy (non-hydrogen) atoms. The van der Waals surface area contributed by atoms with Gasteiger partial charge in [-0.15, -0.1) is 0 Å². The average molecular weight is 508 g/mol. The normalized spacial score (nSPS) is 14.8. The second-order valence-electron chi connectivity index (χ2n) is 8.60. The summed E-state index contributed by atoms with van der Waals surface area (Å²) >= 11 is 0. The van der Waals surface area contributed by atoms with E-state index in [1.54, 1.807) is 10.9 Å². The minimum Gasteiger partial charge on any atom is -0.480 e. The highest BCUT2D eigenvalue weighted by Crippen LogP contribution is 2.33. The van der Waals surface area contributed by atoms with E-state index < -0.39 is 33.3 Å². The Morgan fingerprint density at radius 2 is 1.74 bits per heavy atom. The third kappa shape index (κ3) is 4.90. The van der Waals surface area contributed by atoms with E-state index in [1.165, 1.54) is 18.7 Å². The summed E-state index contributed by atoms with van der Waals surface area (Å²) in [4.78, 5) is 14.6. The SMILES string of the molecule is CC(C)S(=O)(=O)c1ccc(O[C@@H](C)C(F)(F)F)c(C(=O)N2Cc3cn(-c4ccccc4)nc3C2)c1. The second-order valence-corrected chi connectivity index (χ2v) is 11.1. The van der Waals surface area contributed by atoms with Gasteiger partial charge in [-0.2, -0.15) is 18.3 Å². The van der Waals surface area contributed by atoms with Crippen molar-refractivity contribution in [1.82, 2.24) is 14.7 Å². The smallest absolute Gasteiger partial charge is 0.425 e. The molecule has 1 aliphatic heterocycles. The largest absolute Gasteiger partial charge is 0.480 e. The van der Waals surface area contributed by atoms with Gasteiger partial charge in [-0.1, -0.05) is 18.2 Å². The topological polar surface area (TPSA) is 81.5 Å². The number of sulfone groups is 1. The van der Waals surface area contributed by atoms with Crippen LogP contribution in [0.1, 0.15) is 42.4 Å². The van der Waals surface area contributed by atoms with Gasteiger partial charge in [-0.3, -0.25) is 4.79 Å². The molecule has 2 aromatic carbocycles. The standard InChI is InChI=1S/C24H24F3N3O4S/c1-15(2)35(32,33)19-9-10-22(34-16(3)24(25,26)27)20(11-19)23(31)29-12-17-13-30(28-21(17)14-29)18-7-5-4-6-8-18/h4-11,13,15-16H,12,14H2,1-3H3/t16-/m0/s1. The summed E-state index contributed by atoms with van der Waals surface area (Å²) < 4.78 is 71.5. The van der Waals surface area contributed by atoms with Gasteiger partial charge in [0.2, 0.25) is 0 Å². The summed E-state index contributed by atoms with van der Waals surface area (Å²) in [7, 11) is -3.77. The molecule has 0 bridgehead atoms. The zero-order valence-corrected chi connectivity index (χ0v) is 20.1. The number of rotatable bonds is 6. The summed E-state index contributed by atoms with van der Waals surface area (Å²) in [6.45, 7) is 4.10. The highest BCUT2D eigenvalue weighted by atomic mass is 32.2. The zero-order valence-electron chi connectivity index (χ0n) is 19.3. The number of benzene rings is 2. The van der Waals surface area contributed by atoms with Crippen molar-refractivity contribution in [3.05, 3.63) is 71.5 Å². The Labute approximate surface area is 201 Å². The first-order valence-corrected chi connectivity index (χ1v) is 12.5. The fourth-order valence-electron chi connectivity index (χ4n) is 3.67. The van der Waals surface area contributed by atoms with Crippen molar-refractivity contribution in [2.45, 2.75) is 56.3 Å². The highest BCUT2D eigenvalue weighted by molar-refractivity contribution is 7.92. The number of carbonyl (C=O) groups is 1. The predicted molar refractivity (Wildman–Crippen MR) is 122 cm³/mol. The minimum atomic E-state index is -4.66. The summed E-state index contributed by atoms with van der Waals surface area (Å²) in [5, 5.41) is 3.74. The second kappa shape index (κ2) is 9.03. The van der Waals surface area contributed by atoms with Crippen LogP contribution in [0.25, 0.3) is 5.69 Å². The molecule has 0 radical (unpaired) electrons. The number of alkyl halides is 3. The zero-order chi connectivity index (χ0) is 25.5. The fourth-order valence-corrected chi connectivity index (χ4v) is 4.75. The van der Waals surface area contributed by atoms with E-state index in [-0.39, 0.29) is 29.3 Å². The molecule has 3 aromatic rings. The van der Waals surface area contributed by atoms with Gasteiger partial charge in [-0.05, 0) is 51.1 Å². The summed E-state index contributed by atoms with van der Waals surface area (Å²) in [5.74, 6) is -0.971. The van der Waals surface area contributed by atoms with E-state index in [2.05, 4.69) is 5.10 Å². The van der Waals surface area contributed by atoms with Crippen LogP contribution in [0.15, 0.2) is 59.6 Å². The third-order valence-electron chi connectivity index (χ3n) is 5.78. The highest BCUT2D eigenvalue weighted by Gasteiger charge is 2.39. The van der Waals surface area contributed by atoms with Gasteiger partial charge in [0.15, 0.2) is 15.9 Å². The molecule has 1 amide bonds. The number of halogens is 3. The lowest BCUT2D eigenvalue weighted by atomic mass is 10.1. The fraction of sp³-hybridized carbons (Fsp3) is 0.333. The molecule has 0 saturated heterocycles. The van der Waals surface area contributed by atoms with Crippen molar-refractivity contribution in [3.63, 3.8) is 0 Å². The Morgan fingerprint density at radius 3 is 2.34 bits per heavy atom. The van der Waals surface area contributed by atoms with E-state index in [1.807, 2.05) is 30.3 Å². The Kier molecular flexibility index (Phi) is 6.39. The first kappa shape index (κ1) is 24.8. The van der Waals surface area contributed by atoms with Gasteiger partial charge >= 0.3 is 6.18 Å². The molecule has 11 heteroatoms. The number of amides is 1. The minimum absolute atomic E-state index is 0.128. The summed E-state index contributed by atoms with van der Waals surface area (Å²) in [6.07, 6.45) is -5.06. The monoisotopic (exact) mass is 507 g/mol. The molecule has 0 saturated carbocycles. The van der Waals surface area contributed by atoms with Crippen LogP contribution < -0.4 is 4.74 Å². The van der Waals surface area contributed by atoms with E-state index in [4.69, 9.17) is 4.74 Å². The van der Waals surface area contributed by atoms with E-state index in [0.717, 1.165) is 36.4 Å². The van der Waals surface area contributed by atoms with Crippen molar-refractivity contribution in [2.24, 2.45) is 0 Å². The quantitative estimate of drug-likeness (QED) is 0.489. The molecule has 0 N–H and O–H groups in total. The number of aromatic nitrogens is 2. The third-order valence-corrected chi connectivity index (χ3v) is 7.93. The Hall–Kier alpha value is -3.34. The Morgan fingerprint density at radius 1 is 1.06 bits per heavy atom. The molecular weight excluding hydrogens is 483 g/mol. The Bertz CT molecular complexity index is 1330. The lowest BCUT2D eigenvalue weighted by Crippen LogP contribution is -2.33. The predicted octanol–water partition coefficient (Wildman–Crippen LogP) is 4.54. The van der Waals surface area contributed by atoms with Gasteiger partial charge < -0.3 is 9.64 Å². The molecule has 186 valence electrons. The number of ether oxygens (including phenoxy) is 1. The van der Waals surface area contributed by atoms with Crippen molar-refractivity contribution >= 4 is 15.7 Å². The van der Waals surface area contributed by atoms with Crippen LogP contribution in [0.4, 0.5) is 13.2 Å². The molecule has 1 atom stereocenters. The summed E-state index contributed by atoms with van der Waals surface area (Å²) in [5.41, 5.74) is 2.05. The lowest BCUT2D eigenvalue weighted by molar-refractivity contribution is -0.189. The number of fused-ring (bicyclic) bond motifs is 1. The summed E-state index contributed by atoms with van der Waals surface area (Å²) in [6, 6.07) is 12.8. The van der Waals surface area contributed by atoms with Crippen molar-refractivity contribution in [2.75, 3.05) is 0 Å². The lowest BCUT2D eigenvalue weighted by Gasteiger charge is -2.22. The van der Waals surface area contributed by atoms with E-state index in [0.29, 0.717) is 5.69 Å². The van der Waals surface area contributed by atoms with Gasteiger partial charge in [0.1, 0.15) is 5.75 Å². The van der Waals surface area contributed by atoms with Crippen LogP contribution in [-0.2, 0) is 22.9 Å². The number of hydrogen-bond donors (Lipinski definition) is 0. The maximum absolute atomic E-state index is 13.4. The molecule has 0 spiro atoms. The average Bonchev–Trinajstić information content (AvgIpc) is 3.38.